The predicted octanol–water partition coefficient (Wildman–Crippen LogP) is 2.54. The van der Waals surface area contributed by atoms with Gasteiger partial charge in [0.15, 0.2) is 0 Å². The third-order valence-electron chi connectivity index (χ3n) is 3.70. The first-order valence-corrected chi connectivity index (χ1v) is 8.24. The fourth-order valence-corrected chi connectivity index (χ4v) is 3.66. The Balaban J connectivity index is 1.92. The molecule has 2 amide bonds. The van der Waals surface area contributed by atoms with E-state index >= 15 is 0 Å². The summed E-state index contributed by atoms with van der Waals surface area (Å²) in [6.45, 7) is 3.08. The Kier molecular flexibility index (Phi) is 5.53. The van der Waals surface area contributed by atoms with Gasteiger partial charge in [0.1, 0.15) is 0 Å². The number of hydrogen-bond donors (Lipinski definition) is 1. The van der Waals surface area contributed by atoms with Gasteiger partial charge in [0.25, 0.3) is 0 Å². The standard InChI is InChI=1S/C15H19ClN2O2S/c1-10(21-13-5-3-2-4-12(13)16)15(20)18-8-6-11(7-9-18)14(17)19/h2-5,10-11H,6-9H2,1H3,(H2,17,19). The Morgan fingerprint density at radius 1 is 1.33 bits per heavy atom. The number of nitrogens with two attached hydrogens (primary N) is 1. The number of benzene rings is 1. The molecule has 0 saturated carbocycles. The van der Waals surface area contributed by atoms with Crippen LogP contribution in [0.3, 0.4) is 0 Å². The van der Waals surface area contributed by atoms with Crippen LogP contribution in [0.15, 0.2) is 29.2 Å². The Hall–Kier alpha value is -1.20. The van der Waals surface area contributed by atoms with Crippen molar-refractivity contribution in [2.75, 3.05) is 13.1 Å². The lowest BCUT2D eigenvalue weighted by molar-refractivity contribution is -0.134. The van der Waals surface area contributed by atoms with Crippen LogP contribution in [0.2, 0.25) is 5.02 Å². The van der Waals surface area contributed by atoms with Crippen LogP contribution in [-0.2, 0) is 9.59 Å². The van der Waals surface area contributed by atoms with Crippen LogP contribution in [0.4, 0.5) is 0 Å². The van der Waals surface area contributed by atoms with E-state index in [1.54, 1.807) is 0 Å². The first-order chi connectivity index (χ1) is 9.99. The summed E-state index contributed by atoms with van der Waals surface area (Å²) in [4.78, 5) is 26.3. The summed E-state index contributed by atoms with van der Waals surface area (Å²) in [6.07, 6.45) is 1.31. The molecular weight excluding hydrogens is 308 g/mol. The third-order valence-corrected chi connectivity index (χ3v) is 5.30. The smallest absolute Gasteiger partial charge is 0.235 e. The van der Waals surface area contributed by atoms with Crippen molar-refractivity contribution in [2.24, 2.45) is 11.7 Å². The van der Waals surface area contributed by atoms with E-state index in [4.69, 9.17) is 17.3 Å². The second kappa shape index (κ2) is 7.18. The monoisotopic (exact) mass is 326 g/mol. The normalized spacial score (nSPS) is 17.5. The number of carbonyl (C=O) groups excluding carboxylic acids is 2. The van der Waals surface area contributed by atoms with Gasteiger partial charge in [-0.2, -0.15) is 0 Å². The minimum atomic E-state index is -0.263. The Labute approximate surface area is 134 Å². The van der Waals surface area contributed by atoms with Crippen LogP contribution >= 0.6 is 23.4 Å². The molecule has 1 saturated heterocycles. The average molecular weight is 327 g/mol. The maximum atomic E-state index is 12.4. The minimum Gasteiger partial charge on any atom is -0.369 e. The van der Waals surface area contributed by atoms with E-state index in [1.165, 1.54) is 11.8 Å². The highest BCUT2D eigenvalue weighted by molar-refractivity contribution is 8.00. The van der Waals surface area contributed by atoms with Crippen molar-refractivity contribution < 1.29 is 9.59 Å². The van der Waals surface area contributed by atoms with Gasteiger partial charge in [0, 0.05) is 23.9 Å². The molecule has 0 radical (unpaired) electrons. The second-order valence-corrected chi connectivity index (χ2v) is 6.98. The van der Waals surface area contributed by atoms with Crippen molar-refractivity contribution in [2.45, 2.75) is 29.9 Å². The Morgan fingerprint density at radius 3 is 2.52 bits per heavy atom. The number of likely N-dealkylation sites (tertiary alicyclic amines) is 1. The summed E-state index contributed by atoms with van der Waals surface area (Å²) in [5.74, 6) is -0.274. The molecule has 0 spiro atoms. The van der Waals surface area contributed by atoms with Crippen LogP contribution in [0.1, 0.15) is 19.8 Å². The molecule has 1 aliphatic rings. The van der Waals surface area contributed by atoms with Gasteiger partial charge in [-0.25, -0.2) is 0 Å². The van der Waals surface area contributed by atoms with Gasteiger partial charge < -0.3 is 10.6 Å². The number of halogens is 1. The fraction of sp³-hybridized carbons (Fsp3) is 0.467. The van der Waals surface area contributed by atoms with Crippen LogP contribution in [0, 0.1) is 5.92 Å². The van der Waals surface area contributed by atoms with E-state index < -0.39 is 0 Å². The molecule has 1 unspecified atom stereocenters. The van der Waals surface area contributed by atoms with Crippen molar-refractivity contribution in [3.63, 3.8) is 0 Å². The van der Waals surface area contributed by atoms with Crippen LogP contribution in [0.25, 0.3) is 0 Å². The van der Waals surface area contributed by atoms with Gasteiger partial charge in [-0.3, -0.25) is 9.59 Å². The quantitative estimate of drug-likeness (QED) is 0.865. The zero-order valence-electron chi connectivity index (χ0n) is 11.9. The van der Waals surface area contributed by atoms with Gasteiger partial charge in [-0.05, 0) is 31.9 Å². The lowest BCUT2D eigenvalue weighted by Gasteiger charge is -2.32. The number of piperidine rings is 1. The highest BCUT2D eigenvalue weighted by atomic mass is 35.5. The first-order valence-electron chi connectivity index (χ1n) is 6.98. The molecule has 114 valence electrons. The largest absolute Gasteiger partial charge is 0.369 e. The number of nitrogens with zero attached hydrogens (tertiary/aromatic N) is 1. The van der Waals surface area contributed by atoms with Gasteiger partial charge in [-0.15, -0.1) is 11.8 Å². The summed E-state index contributed by atoms with van der Waals surface area (Å²) < 4.78 is 0. The molecule has 4 nitrogen and oxygen atoms in total. The van der Waals surface area contributed by atoms with Crippen LogP contribution < -0.4 is 5.73 Å². The Bertz CT molecular complexity index is 530. The molecule has 6 heteroatoms. The van der Waals surface area contributed by atoms with E-state index in [0.29, 0.717) is 31.0 Å². The lowest BCUT2D eigenvalue weighted by atomic mass is 9.96. The van der Waals surface area contributed by atoms with E-state index in [2.05, 4.69) is 0 Å². The third kappa shape index (κ3) is 4.14. The molecule has 1 atom stereocenters. The molecule has 0 bridgehead atoms. The first kappa shape index (κ1) is 16.2. The summed E-state index contributed by atoms with van der Waals surface area (Å²) in [6, 6.07) is 7.51. The molecule has 2 rings (SSSR count). The maximum Gasteiger partial charge on any atom is 0.235 e. The maximum absolute atomic E-state index is 12.4. The predicted molar refractivity (Wildman–Crippen MR) is 85.3 cm³/mol. The number of hydrogen-bond acceptors (Lipinski definition) is 3. The van der Waals surface area contributed by atoms with Crippen LogP contribution in [0.5, 0.6) is 0 Å². The molecule has 2 N–H and O–H groups in total. The molecule has 21 heavy (non-hydrogen) atoms. The molecule has 1 aromatic rings. The highest BCUT2D eigenvalue weighted by Gasteiger charge is 2.28. The molecule has 1 aromatic carbocycles. The lowest BCUT2D eigenvalue weighted by Crippen LogP contribution is -2.44. The van der Waals surface area contributed by atoms with Crippen molar-refractivity contribution in [1.29, 1.82) is 0 Å². The fourth-order valence-electron chi connectivity index (χ4n) is 2.42. The van der Waals surface area contributed by atoms with Crippen molar-refractivity contribution in [3.8, 4) is 0 Å². The molecule has 1 fully saturated rings. The van der Waals surface area contributed by atoms with E-state index in [9.17, 15) is 9.59 Å². The minimum absolute atomic E-state index is 0.0860. The molecule has 1 aliphatic heterocycles. The molecule has 0 aromatic heterocycles. The highest BCUT2D eigenvalue weighted by Crippen LogP contribution is 2.31. The molecule has 1 heterocycles. The summed E-state index contributed by atoms with van der Waals surface area (Å²) in [7, 11) is 0. The van der Waals surface area contributed by atoms with E-state index in [0.717, 1.165) is 4.90 Å². The number of thioether (sulfide) groups is 1. The van der Waals surface area contributed by atoms with E-state index in [1.807, 2.05) is 36.1 Å². The topological polar surface area (TPSA) is 63.4 Å². The summed E-state index contributed by atoms with van der Waals surface area (Å²) >= 11 is 7.58. The zero-order valence-corrected chi connectivity index (χ0v) is 13.5. The van der Waals surface area contributed by atoms with Crippen molar-refractivity contribution in [3.05, 3.63) is 29.3 Å². The number of rotatable bonds is 4. The van der Waals surface area contributed by atoms with Crippen LogP contribution in [-0.4, -0.2) is 35.1 Å². The summed E-state index contributed by atoms with van der Waals surface area (Å²) in [5.41, 5.74) is 5.31. The van der Waals surface area contributed by atoms with Gasteiger partial charge in [0.2, 0.25) is 11.8 Å². The van der Waals surface area contributed by atoms with Crippen molar-refractivity contribution >= 4 is 35.2 Å². The van der Waals surface area contributed by atoms with Gasteiger partial charge >= 0.3 is 0 Å². The number of amides is 2. The SMILES string of the molecule is CC(Sc1ccccc1Cl)C(=O)N1CCC(C(N)=O)CC1. The average Bonchev–Trinajstić information content (AvgIpc) is 2.49. The van der Waals surface area contributed by atoms with Gasteiger partial charge in [0.05, 0.1) is 10.3 Å². The number of primary amides is 1. The van der Waals surface area contributed by atoms with Crippen molar-refractivity contribution in [1.82, 2.24) is 4.90 Å². The van der Waals surface area contributed by atoms with Gasteiger partial charge in [-0.1, -0.05) is 23.7 Å². The zero-order chi connectivity index (χ0) is 15.4. The Morgan fingerprint density at radius 2 is 1.95 bits per heavy atom. The second-order valence-electron chi connectivity index (χ2n) is 5.19. The van der Waals surface area contributed by atoms with E-state index in [-0.39, 0.29) is 23.0 Å². The molecular formula is C15H19ClN2O2S. The molecule has 0 aliphatic carbocycles. The summed E-state index contributed by atoms with van der Waals surface area (Å²) in [5, 5.41) is 0.463. The number of carbonyl (C=O) groups is 2.